The van der Waals surface area contributed by atoms with E-state index in [0.717, 1.165) is 37.3 Å². The first-order valence-corrected chi connectivity index (χ1v) is 10.6. The molecule has 2 aliphatic rings. The van der Waals surface area contributed by atoms with Crippen molar-refractivity contribution < 1.29 is 14.1 Å². The van der Waals surface area contributed by atoms with Crippen LogP contribution < -0.4 is 5.73 Å². The van der Waals surface area contributed by atoms with Crippen molar-refractivity contribution in [2.75, 3.05) is 38.6 Å². The Bertz CT molecular complexity index is 1180. The van der Waals surface area contributed by atoms with Crippen molar-refractivity contribution in [2.45, 2.75) is 13.5 Å². The fourth-order valence-electron chi connectivity index (χ4n) is 4.22. The number of amides is 2. The van der Waals surface area contributed by atoms with Gasteiger partial charge < -0.3 is 10.3 Å². The predicted octanol–water partition coefficient (Wildman–Crippen LogP) is 2.00. The highest BCUT2D eigenvalue weighted by atomic mass is 16.5. The smallest absolute Gasteiger partial charge is 0.264 e. The molecule has 0 aliphatic carbocycles. The van der Waals surface area contributed by atoms with Crippen molar-refractivity contribution in [1.82, 2.24) is 24.8 Å². The van der Waals surface area contributed by atoms with Crippen LogP contribution in [-0.4, -0.2) is 69.5 Å². The minimum Gasteiger partial charge on any atom is -0.398 e. The summed E-state index contributed by atoms with van der Waals surface area (Å²) in [5.41, 5.74) is 9.03. The van der Waals surface area contributed by atoms with Crippen LogP contribution in [-0.2, 0) is 6.54 Å². The summed E-state index contributed by atoms with van der Waals surface area (Å²) in [6.45, 7) is 5.84. The number of aromatic nitrogens is 2. The molecule has 9 nitrogen and oxygen atoms in total. The number of nitrogens with two attached hydrogens (primary N) is 1. The minimum atomic E-state index is -0.319. The number of benzene rings is 2. The Balaban J connectivity index is 1.17. The molecular weight excluding hydrogens is 408 g/mol. The average molecular weight is 432 g/mol. The zero-order valence-corrected chi connectivity index (χ0v) is 17.8. The molecule has 0 saturated carbocycles. The Morgan fingerprint density at radius 1 is 0.938 bits per heavy atom. The van der Waals surface area contributed by atoms with Gasteiger partial charge in [-0.2, -0.15) is 4.98 Å². The zero-order chi connectivity index (χ0) is 22.2. The third kappa shape index (κ3) is 3.65. The molecule has 32 heavy (non-hydrogen) atoms. The number of carbonyl (C=O) groups excluding carboxylic acids is 2. The van der Waals surface area contributed by atoms with Crippen LogP contribution in [0.15, 0.2) is 47.0 Å². The van der Waals surface area contributed by atoms with Crippen molar-refractivity contribution in [2.24, 2.45) is 0 Å². The number of nitrogen functional groups attached to an aromatic ring is 1. The Morgan fingerprint density at radius 2 is 1.66 bits per heavy atom. The third-order valence-electron chi connectivity index (χ3n) is 6.05. The number of nitrogens with zero attached hydrogens (tertiary/aromatic N) is 5. The lowest BCUT2D eigenvalue weighted by molar-refractivity contribution is 0.0438. The van der Waals surface area contributed by atoms with E-state index < -0.39 is 0 Å². The maximum atomic E-state index is 12.7. The Labute approximate surface area is 185 Å². The molecule has 0 unspecified atom stereocenters. The summed E-state index contributed by atoms with van der Waals surface area (Å²) in [5.74, 6) is 0.573. The van der Waals surface area contributed by atoms with Gasteiger partial charge in [0.15, 0.2) is 0 Å². The van der Waals surface area contributed by atoms with E-state index in [4.69, 9.17) is 10.3 Å². The second-order valence-electron chi connectivity index (χ2n) is 8.17. The highest BCUT2D eigenvalue weighted by molar-refractivity contribution is 6.23. The van der Waals surface area contributed by atoms with Gasteiger partial charge in [0, 0.05) is 37.4 Å². The lowest BCUT2D eigenvalue weighted by atomic mass is 10.1. The molecule has 0 radical (unpaired) electrons. The van der Waals surface area contributed by atoms with Crippen LogP contribution in [0.25, 0.3) is 11.4 Å². The standard InChI is InChI=1S/C23H24N6O3/c1-15-5-2-3-6-16(15)21-25-19(32-26-21)13-27-9-11-28(12-10-27)14-29-22(30)17-7-4-8-18(24)20(17)23(29)31/h2-8H,9-14,24H2,1H3. The molecule has 9 heteroatoms. The zero-order valence-electron chi connectivity index (χ0n) is 17.8. The summed E-state index contributed by atoms with van der Waals surface area (Å²) in [6, 6.07) is 12.9. The van der Waals surface area contributed by atoms with Crippen LogP contribution in [0.5, 0.6) is 0 Å². The van der Waals surface area contributed by atoms with E-state index in [9.17, 15) is 9.59 Å². The van der Waals surface area contributed by atoms with Crippen molar-refractivity contribution in [1.29, 1.82) is 0 Å². The van der Waals surface area contributed by atoms with Gasteiger partial charge in [-0.15, -0.1) is 0 Å². The molecule has 3 heterocycles. The molecule has 5 rings (SSSR count). The molecule has 3 aromatic rings. The minimum absolute atomic E-state index is 0.262. The maximum Gasteiger partial charge on any atom is 0.264 e. The third-order valence-corrected chi connectivity index (χ3v) is 6.05. The molecule has 2 amide bonds. The van der Waals surface area contributed by atoms with Gasteiger partial charge in [0.25, 0.3) is 11.8 Å². The number of hydrogen-bond acceptors (Lipinski definition) is 8. The Kier molecular flexibility index (Phi) is 5.20. The van der Waals surface area contributed by atoms with Crippen LogP contribution >= 0.6 is 0 Å². The molecule has 2 aromatic carbocycles. The SMILES string of the molecule is Cc1ccccc1-c1noc(CN2CCN(CN3C(=O)c4cccc(N)c4C3=O)CC2)n1. The summed E-state index contributed by atoms with van der Waals surface area (Å²) in [4.78, 5) is 35.5. The van der Waals surface area contributed by atoms with E-state index in [2.05, 4.69) is 19.9 Å². The maximum absolute atomic E-state index is 12.7. The number of hydrogen-bond donors (Lipinski definition) is 1. The van der Waals surface area contributed by atoms with Crippen LogP contribution in [0.4, 0.5) is 5.69 Å². The van der Waals surface area contributed by atoms with E-state index in [1.807, 2.05) is 31.2 Å². The molecule has 1 saturated heterocycles. The predicted molar refractivity (Wildman–Crippen MR) is 118 cm³/mol. The van der Waals surface area contributed by atoms with Gasteiger partial charge in [0.05, 0.1) is 24.3 Å². The molecule has 1 aromatic heterocycles. The van der Waals surface area contributed by atoms with E-state index in [-0.39, 0.29) is 18.5 Å². The molecule has 2 aliphatic heterocycles. The first kappa shape index (κ1) is 20.3. The largest absolute Gasteiger partial charge is 0.398 e. The van der Waals surface area contributed by atoms with Gasteiger partial charge in [0.2, 0.25) is 11.7 Å². The lowest BCUT2D eigenvalue weighted by Crippen LogP contribution is -2.50. The van der Waals surface area contributed by atoms with Crippen LogP contribution in [0.3, 0.4) is 0 Å². The van der Waals surface area contributed by atoms with Crippen LogP contribution in [0.1, 0.15) is 32.2 Å². The van der Waals surface area contributed by atoms with Gasteiger partial charge in [-0.25, -0.2) is 0 Å². The molecular formula is C23H24N6O3. The van der Waals surface area contributed by atoms with Crippen molar-refractivity contribution in [3.8, 4) is 11.4 Å². The van der Waals surface area contributed by atoms with Gasteiger partial charge in [-0.05, 0) is 24.6 Å². The summed E-state index contributed by atoms with van der Waals surface area (Å²) >= 11 is 0. The van der Waals surface area contributed by atoms with Crippen LogP contribution in [0.2, 0.25) is 0 Å². The average Bonchev–Trinajstić information content (AvgIpc) is 3.34. The highest BCUT2D eigenvalue weighted by Crippen LogP contribution is 2.28. The van der Waals surface area contributed by atoms with Gasteiger partial charge in [-0.1, -0.05) is 35.5 Å². The number of imide groups is 1. The highest BCUT2D eigenvalue weighted by Gasteiger charge is 2.38. The number of rotatable bonds is 5. The number of aryl methyl sites for hydroxylation is 1. The van der Waals surface area contributed by atoms with E-state index in [0.29, 0.717) is 35.1 Å². The molecule has 0 bridgehead atoms. The first-order valence-electron chi connectivity index (χ1n) is 10.6. The summed E-state index contributed by atoms with van der Waals surface area (Å²) in [5, 5.41) is 4.12. The summed E-state index contributed by atoms with van der Waals surface area (Å²) < 4.78 is 5.46. The molecule has 164 valence electrons. The second kappa shape index (κ2) is 8.18. The molecule has 0 spiro atoms. The fraction of sp³-hybridized carbons (Fsp3) is 0.304. The summed E-state index contributed by atoms with van der Waals surface area (Å²) in [7, 11) is 0. The number of piperazine rings is 1. The molecule has 0 atom stereocenters. The monoisotopic (exact) mass is 432 g/mol. The van der Waals surface area contributed by atoms with Crippen molar-refractivity contribution in [3.05, 3.63) is 65.0 Å². The van der Waals surface area contributed by atoms with E-state index in [1.54, 1.807) is 18.2 Å². The van der Waals surface area contributed by atoms with Crippen molar-refractivity contribution in [3.63, 3.8) is 0 Å². The first-order chi connectivity index (χ1) is 15.5. The van der Waals surface area contributed by atoms with Gasteiger partial charge >= 0.3 is 0 Å². The molecule has 1 fully saturated rings. The topological polar surface area (TPSA) is 109 Å². The molecule has 2 N–H and O–H groups in total. The Morgan fingerprint density at radius 3 is 2.41 bits per heavy atom. The number of anilines is 1. The number of carbonyl (C=O) groups is 2. The normalized spacial score (nSPS) is 17.2. The quantitative estimate of drug-likeness (QED) is 0.482. The van der Waals surface area contributed by atoms with Crippen LogP contribution in [0, 0.1) is 6.92 Å². The number of fused-ring (bicyclic) bond motifs is 1. The van der Waals surface area contributed by atoms with E-state index in [1.165, 1.54) is 4.90 Å². The second-order valence-corrected chi connectivity index (χ2v) is 8.17. The Hall–Kier alpha value is -3.56. The fourth-order valence-corrected chi connectivity index (χ4v) is 4.22. The van der Waals surface area contributed by atoms with Crippen molar-refractivity contribution >= 4 is 17.5 Å². The van der Waals surface area contributed by atoms with Gasteiger partial charge in [-0.3, -0.25) is 24.3 Å². The lowest BCUT2D eigenvalue weighted by Gasteiger charge is -2.35. The summed E-state index contributed by atoms with van der Waals surface area (Å²) in [6.07, 6.45) is 0. The van der Waals surface area contributed by atoms with E-state index >= 15 is 0 Å². The van der Waals surface area contributed by atoms with Gasteiger partial charge in [0.1, 0.15) is 0 Å².